The lowest BCUT2D eigenvalue weighted by Gasteiger charge is -2.22. The molecule has 3 rings (SSSR count). The van der Waals surface area contributed by atoms with Crippen molar-refractivity contribution in [2.75, 3.05) is 0 Å². The third kappa shape index (κ3) is 3.29. The van der Waals surface area contributed by atoms with E-state index >= 15 is 0 Å². The molecule has 1 aromatic carbocycles. The largest absolute Gasteiger partial charge is 0.481 e. The summed E-state index contributed by atoms with van der Waals surface area (Å²) >= 11 is 1.52. The molecule has 0 radical (unpaired) electrons. The van der Waals surface area contributed by atoms with Gasteiger partial charge in [-0.3, -0.25) is 14.2 Å². The van der Waals surface area contributed by atoms with Crippen LogP contribution < -0.4 is 5.56 Å². The second-order valence-corrected chi connectivity index (χ2v) is 8.29. The van der Waals surface area contributed by atoms with E-state index in [1.807, 2.05) is 44.2 Å². The van der Waals surface area contributed by atoms with Crippen LogP contribution in [0.2, 0.25) is 0 Å². The number of carboxylic acid groups (broad SMARTS) is 1. The fourth-order valence-electron chi connectivity index (χ4n) is 2.85. The molecule has 0 saturated carbocycles. The third-order valence-corrected chi connectivity index (χ3v) is 5.63. The minimum atomic E-state index is -1.08. The Balaban J connectivity index is 2.31. The van der Waals surface area contributed by atoms with Crippen LogP contribution >= 0.6 is 11.3 Å². The molecule has 0 saturated heterocycles. The van der Waals surface area contributed by atoms with Crippen LogP contribution in [0.3, 0.4) is 0 Å². The number of hydrogen-bond donors (Lipinski definition) is 1. The van der Waals surface area contributed by atoms with E-state index in [1.165, 1.54) is 15.9 Å². The second-order valence-electron chi connectivity index (χ2n) is 7.17. The Kier molecular flexibility index (Phi) is 4.71. The summed E-state index contributed by atoms with van der Waals surface area (Å²) in [5.41, 5.74) is 0.608. The van der Waals surface area contributed by atoms with Gasteiger partial charge in [-0.05, 0) is 39.3 Å². The summed E-state index contributed by atoms with van der Waals surface area (Å²) in [6.07, 6.45) is 0.834. The van der Waals surface area contributed by atoms with Crippen molar-refractivity contribution in [1.29, 1.82) is 0 Å². The SMILES string of the molecule is CCc1cc2c(=O)n(CC(C)(C)C(=O)O)c(-c3cccc(C)c3)nc2s1. The summed E-state index contributed by atoms with van der Waals surface area (Å²) in [4.78, 5) is 31.3. The molecule has 136 valence electrons. The fraction of sp³-hybridized carbons (Fsp3) is 0.350. The van der Waals surface area contributed by atoms with E-state index < -0.39 is 11.4 Å². The smallest absolute Gasteiger partial charge is 0.310 e. The zero-order valence-electron chi connectivity index (χ0n) is 15.4. The number of nitrogens with zero attached hydrogens (tertiary/aromatic N) is 2. The molecule has 5 nitrogen and oxygen atoms in total. The summed E-state index contributed by atoms with van der Waals surface area (Å²) < 4.78 is 1.51. The molecule has 0 spiro atoms. The van der Waals surface area contributed by atoms with Gasteiger partial charge in [-0.15, -0.1) is 11.3 Å². The van der Waals surface area contributed by atoms with E-state index in [0.717, 1.165) is 22.4 Å². The highest BCUT2D eigenvalue weighted by Gasteiger charge is 2.30. The lowest BCUT2D eigenvalue weighted by Crippen LogP contribution is -2.35. The highest BCUT2D eigenvalue weighted by molar-refractivity contribution is 7.18. The van der Waals surface area contributed by atoms with Crippen molar-refractivity contribution in [2.24, 2.45) is 5.41 Å². The zero-order chi connectivity index (χ0) is 19.1. The van der Waals surface area contributed by atoms with Gasteiger partial charge in [0.05, 0.1) is 10.8 Å². The number of aryl methyl sites for hydroxylation is 2. The van der Waals surface area contributed by atoms with E-state index in [4.69, 9.17) is 4.98 Å². The van der Waals surface area contributed by atoms with Gasteiger partial charge in [-0.25, -0.2) is 4.98 Å². The maximum absolute atomic E-state index is 13.2. The molecule has 0 fully saturated rings. The molecule has 0 bridgehead atoms. The normalized spacial score (nSPS) is 11.8. The molecular weight excluding hydrogens is 348 g/mol. The van der Waals surface area contributed by atoms with E-state index in [0.29, 0.717) is 16.0 Å². The number of carbonyl (C=O) groups is 1. The highest BCUT2D eigenvalue weighted by Crippen LogP contribution is 2.28. The Labute approximate surface area is 155 Å². The maximum Gasteiger partial charge on any atom is 0.310 e. The van der Waals surface area contributed by atoms with Gasteiger partial charge in [0.15, 0.2) is 0 Å². The van der Waals surface area contributed by atoms with E-state index in [2.05, 4.69) is 0 Å². The van der Waals surface area contributed by atoms with Gasteiger partial charge >= 0.3 is 5.97 Å². The van der Waals surface area contributed by atoms with Crippen LogP contribution in [-0.4, -0.2) is 20.6 Å². The van der Waals surface area contributed by atoms with Crippen LogP contribution in [0.15, 0.2) is 35.1 Å². The minimum Gasteiger partial charge on any atom is -0.481 e. The molecule has 0 aliphatic heterocycles. The lowest BCUT2D eigenvalue weighted by atomic mass is 9.93. The molecule has 1 N–H and O–H groups in total. The van der Waals surface area contributed by atoms with Gasteiger partial charge in [0, 0.05) is 17.0 Å². The maximum atomic E-state index is 13.2. The molecule has 6 heteroatoms. The van der Waals surface area contributed by atoms with Gasteiger partial charge in [-0.1, -0.05) is 30.7 Å². The molecule has 0 aliphatic carbocycles. The zero-order valence-corrected chi connectivity index (χ0v) is 16.2. The number of aromatic nitrogens is 2. The second kappa shape index (κ2) is 6.68. The standard InChI is InChI=1S/C20H22N2O3S/c1-5-14-10-15-17(26-14)21-16(13-8-6-7-12(2)9-13)22(18(15)23)11-20(3,4)19(24)25/h6-10H,5,11H2,1-4H3,(H,24,25). The molecule has 2 aromatic heterocycles. The van der Waals surface area contributed by atoms with Crippen LogP contribution in [0.1, 0.15) is 31.2 Å². The summed E-state index contributed by atoms with van der Waals surface area (Å²) in [5.74, 6) is -0.427. The van der Waals surface area contributed by atoms with Gasteiger partial charge in [0.25, 0.3) is 5.56 Å². The van der Waals surface area contributed by atoms with Crippen molar-refractivity contribution in [1.82, 2.24) is 9.55 Å². The first-order valence-corrected chi connectivity index (χ1v) is 9.38. The summed E-state index contributed by atoms with van der Waals surface area (Å²) in [5, 5.41) is 10.1. The number of rotatable bonds is 5. The number of carboxylic acids is 1. The van der Waals surface area contributed by atoms with E-state index in [1.54, 1.807) is 13.8 Å². The third-order valence-electron chi connectivity index (χ3n) is 4.46. The van der Waals surface area contributed by atoms with Crippen LogP contribution in [-0.2, 0) is 17.8 Å². The van der Waals surface area contributed by atoms with E-state index in [-0.39, 0.29) is 12.1 Å². The van der Waals surface area contributed by atoms with E-state index in [9.17, 15) is 14.7 Å². The molecule has 0 aliphatic rings. The summed E-state index contributed by atoms with van der Waals surface area (Å²) in [7, 11) is 0. The molecule has 3 aromatic rings. The van der Waals surface area contributed by atoms with Crippen LogP contribution in [0.4, 0.5) is 0 Å². The first-order valence-electron chi connectivity index (χ1n) is 8.56. The van der Waals surface area contributed by atoms with Gasteiger partial charge in [0.1, 0.15) is 10.7 Å². The Bertz CT molecular complexity index is 1050. The Morgan fingerprint density at radius 3 is 2.65 bits per heavy atom. The fourth-order valence-corrected chi connectivity index (χ4v) is 3.81. The lowest BCUT2D eigenvalue weighted by molar-refractivity contribution is -0.147. The van der Waals surface area contributed by atoms with Gasteiger partial charge in [0.2, 0.25) is 0 Å². The summed E-state index contributed by atoms with van der Waals surface area (Å²) in [6, 6.07) is 9.64. The predicted octanol–water partition coefficient (Wildman–Crippen LogP) is 4.11. The van der Waals surface area contributed by atoms with Gasteiger partial charge in [-0.2, -0.15) is 0 Å². The Morgan fingerprint density at radius 1 is 1.31 bits per heavy atom. The molecular formula is C20H22N2O3S. The highest BCUT2D eigenvalue weighted by atomic mass is 32.1. The molecule has 0 atom stereocenters. The Hall–Kier alpha value is -2.47. The van der Waals surface area contributed by atoms with Crippen molar-refractivity contribution in [2.45, 2.75) is 40.7 Å². The first-order chi connectivity index (χ1) is 12.2. The van der Waals surface area contributed by atoms with Gasteiger partial charge < -0.3 is 5.11 Å². The van der Waals surface area contributed by atoms with Crippen molar-refractivity contribution in [3.63, 3.8) is 0 Å². The number of thiophene rings is 1. The monoisotopic (exact) mass is 370 g/mol. The number of fused-ring (bicyclic) bond motifs is 1. The molecule has 26 heavy (non-hydrogen) atoms. The van der Waals surface area contributed by atoms with Crippen molar-refractivity contribution in [3.05, 3.63) is 51.1 Å². The molecule has 0 amide bonds. The predicted molar refractivity (Wildman–Crippen MR) is 105 cm³/mol. The number of hydrogen-bond acceptors (Lipinski definition) is 4. The molecule has 0 unspecified atom stereocenters. The average molecular weight is 370 g/mol. The van der Waals surface area contributed by atoms with Crippen LogP contribution in [0, 0.1) is 12.3 Å². The Morgan fingerprint density at radius 2 is 2.04 bits per heavy atom. The van der Waals surface area contributed by atoms with Crippen molar-refractivity contribution in [3.8, 4) is 11.4 Å². The number of benzene rings is 1. The minimum absolute atomic E-state index is 0.0602. The molecule has 2 heterocycles. The van der Waals surface area contributed by atoms with Crippen molar-refractivity contribution < 1.29 is 9.90 Å². The first kappa shape index (κ1) is 18.3. The topological polar surface area (TPSA) is 72.2 Å². The average Bonchev–Trinajstić information content (AvgIpc) is 3.00. The number of aliphatic carboxylic acids is 1. The van der Waals surface area contributed by atoms with Crippen LogP contribution in [0.25, 0.3) is 21.6 Å². The van der Waals surface area contributed by atoms with Crippen molar-refractivity contribution >= 4 is 27.5 Å². The summed E-state index contributed by atoms with van der Waals surface area (Å²) in [6.45, 7) is 7.32. The quantitative estimate of drug-likeness (QED) is 0.734. The van der Waals surface area contributed by atoms with Crippen LogP contribution in [0.5, 0.6) is 0 Å².